The van der Waals surface area contributed by atoms with E-state index in [0.717, 1.165) is 32.1 Å². The van der Waals surface area contributed by atoms with E-state index < -0.39 is 18.2 Å². The number of aliphatic hydroxyl groups excluding tert-OH is 3. The molecular formula is C41H81NO4. The first-order chi connectivity index (χ1) is 22.5. The molecule has 0 spiro atoms. The Morgan fingerprint density at radius 2 is 0.870 bits per heavy atom. The first-order valence-electron chi connectivity index (χ1n) is 20.5. The third-order valence-electron chi connectivity index (χ3n) is 9.58. The minimum absolute atomic E-state index is 0.0333. The molecule has 0 aromatic carbocycles. The zero-order chi connectivity index (χ0) is 33.8. The van der Waals surface area contributed by atoms with Crippen LogP contribution in [0.25, 0.3) is 0 Å². The van der Waals surface area contributed by atoms with Gasteiger partial charge >= 0.3 is 0 Å². The third kappa shape index (κ3) is 33.0. The molecule has 3 atom stereocenters. The normalized spacial score (nSPS) is 13.8. The van der Waals surface area contributed by atoms with Crippen molar-refractivity contribution in [2.24, 2.45) is 0 Å². The molecule has 5 heteroatoms. The summed E-state index contributed by atoms with van der Waals surface area (Å²) in [5.74, 6) is -0.288. The van der Waals surface area contributed by atoms with Crippen molar-refractivity contribution >= 4 is 5.91 Å². The predicted molar refractivity (Wildman–Crippen MR) is 199 cm³/mol. The summed E-state index contributed by atoms with van der Waals surface area (Å²) >= 11 is 0. The monoisotopic (exact) mass is 652 g/mol. The molecule has 0 heterocycles. The van der Waals surface area contributed by atoms with Gasteiger partial charge in [0.15, 0.2) is 0 Å². The Balaban J connectivity index is 3.62. The summed E-state index contributed by atoms with van der Waals surface area (Å²) in [6, 6.07) is -0.656. The largest absolute Gasteiger partial charge is 0.394 e. The van der Waals surface area contributed by atoms with Crippen LogP contribution in [0.5, 0.6) is 0 Å². The Kier molecular flexibility index (Phi) is 36.2. The topological polar surface area (TPSA) is 89.8 Å². The molecule has 0 bridgehead atoms. The van der Waals surface area contributed by atoms with Gasteiger partial charge in [-0.15, -0.1) is 0 Å². The molecule has 0 aliphatic rings. The van der Waals surface area contributed by atoms with E-state index in [0.29, 0.717) is 12.8 Å². The SMILES string of the molecule is CCCCCCCCCCCCC/C=C\CCCCCCCC(O)CC(=O)NC(CO)C(O)CCCCCCCCCCCCC. The highest BCUT2D eigenvalue weighted by molar-refractivity contribution is 5.76. The van der Waals surface area contributed by atoms with Crippen molar-refractivity contribution < 1.29 is 20.1 Å². The Morgan fingerprint density at radius 1 is 0.522 bits per heavy atom. The maximum absolute atomic E-state index is 12.4. The maximum Gasteiger partial charge on any atom is 0.222 e. The molecule has 0 aliphatic heterocycles. The number of unbranched alkanes of at least 4 members (excludes halogenated alkanes) is 26. The Bertz CT molecular complexity index is 640. The lowest BCUT2D eigenvalue weighted by Gasteiger charge is -2.23. The highest BCUT2D eigenvalue weighted by Crippen LogP contribution is 2.15. The van der Waals surface area contributed by atoms with Gasteiger partial charge < -0.3 is 20.6 Å². The Labute approximate surface area is 287 Å². The van der Waals surface area contributed by atoms with Gasteiger partial charge in [-0.2, -0.15) is 0 Å². The van der Waals surface area contributed by atoms with E-state index in [-0.39, 0.29) is 18.9 Å². The second-order valence-corrected chi connectivity index (χ2v) is 14.2. The zero-order valence-corrected chi connectivity index (χ0v) is 31.0. The molecule has 0 aliphatic carbocycles. The minimum atomic E-state index is -0.746. The molecule has 0 saturated carbocycles. The van der Waals surface area contributed by atoms with Gasteiger partial charge in [-0.25, -0.2) is 0 Å². The van der Waals surface area contributed by atoms with Crippen LogP contribution >= 0.6 is 0 Å². The number of rotatable bonds is 37. The van der Waals surface area contributed by atoms with E-state index in [9.17, 15) is 20.1 Å². The van der Waals surface area contributed by atoms with Crippen molar-refractivity contribution in [3.05, 3.63) is 12.2 Å². The molecule has 0 saturated heterocycles. The average Bonchev–Trinajstić information content (AvgIpc) is 3.05. The zero-order valence-electron chi connectivity index (χ0n) is 31.0. The van der Waals surface area contributed by atoms with Crippen LogP contribution in [0.4, 0.5) is 0 Å². The molecule has 274 valence electrons. The molecule has 0 fully saturated rings. The molecule has 0 radical (unpaired) electrons. The van der Waals surface area contributed by atoms with Crippen molar-refractivity contribution in [3.8, 4) is 0 Å². The van der Waals surface area contributed by atoms with Crippen molar-refractivity contribution in [2.45, 2.75) is 238 Å². The van der Waals surface area contributed by atoms with E-state index in [2.05, 4.69) is 31.3 Å². The number of nitrogens with one attached hydrogen (secondary N) is 1. The van der Waals surface area contributed by atoms with Crippen LogP contribution in [-0.4, -0.2) is 46.1 Å². The summed E-state index contributed by atoms with van der Waals surface area (Å²) in [7, 11) is 0. The van der Waals surface area contributed by atoms with Gasteiger partial charge in [-0.1, -0.05) is 187 Å². The van der Waals surface area contributed by atoms with Crippen molar-refractivity contribution in [1.29, 1.82) is 0 Å². The lowest BCUT2D eigenvalue weighted by molar-refractivity contribution is -0.125. The van der Waals surface area contributed by atoms with E-state index in [4.69, 9.17) is 0 Å². The molecule has 1 amide bonds. The fraction of sp³-hybridized carbons (Fsp3) is 0.927. The molecule has 5 nitrogen and oxygen atoms in total. The predicted octanol–water partition coefficient (Wildman–Crippen LogP) is 11.3. The molecule has 0 aromatic heterocycles. The molecular weight excluding hydrogens is 570 g/mol. The van der Waals surface area contributed by atoms with Crippen molar-refractivity contribution in [3.63, 3.8) is 0 Å². The van der Waals surface area contributed by atoms with Crippen molar-refractivity contribution in [1.82, 2.24) is 5.32 Å². The van der Waals surface area contributed by atoms with E-state index >= 15 is 0 Å². The number of hydrogen-bond acceptors (Lipinski definition) is 4. The third-order valence-corrected chi connectivity index (χ3v) is 9.58. The molecule has 3 unspecified atom stereocenters. The minimum Gasteiger partial charge on any atom is -0.394 e. The number of aliphatic hydroxyl groups is 3. The van der Waals surface area contributed by atoms with Crippen LogP contribution in [-0.2, 0) is 4.79 Å². The molecule has 46 heavy (non-hydrogen) atoms. The van der Waals surface area contributed by atoms with Gasteiger partial charge in [0.25, 0.3) is 0 Å². The van der Waals surface area contributed by atoms with Gasteiger partial charge in [-0.3, -0.25) is 4.79 Å². The Morgan fingerprint density at radius 3 is 1.26 bits per heavy atom. The van der Waals surface area contributed by atoms with Gasteiger partial charge in [0.2, 0.25) is 5.91 Å². The van der Waals surface area contributed by atoms with Crippen LogP contribution in [0, 0.1) is 0 Å². The van der Waals surface area contributed by atoms with E-state index in [1.807, 2.05) is 0 Å². The first kappa shape index (κ1) is 45.1. The highest BCUT2D eigenvalue weighted by atomic mass is 16.3. The molecule has 0 rings (SSSR count). The number of allylic oxidation sites excluding steroid dienone is 2. The molecule has 0 aromatic rings. The lowest BCUT2D eigenvalue weighted by Crippen LogP contribution is -2.46. The number of carbonyl (C=O) groups is 1. The maximum atomic E-state index is 12.4. The molecule has 4 N–H and O–H groups in total. The van der Waals surface area contributed by atoms with E-state index in [1.165, 1.54) is 154 Å². The summed E-state index contributed by atoms with van der Waals surface area (Å²) in [6.45, 7) is 4.25. The van der Waals surface area contributed by atoms with Crippen LogP contribution in [0.15, 0.2) is 12.2 Å². The van der Waals surface area contributed by atoms with Crippen LogP contribution in [0.3, 0.4) is 0 Å². The smallest absolute Gasteiger partial charge is 0.222 e. The standard InChI is InChI=1S/C41H81NO4/c1-3-5-7-9-11-13-15-16-17-18-19-20-21-22-23-25-26-28-30-32-34-38(44)36-41(46)42-39(37-43)40(45)35-33-31-29-27-24-14-12-10-8-6-4-2/h21-22,38-40,43-45H,3-20,23-37H2,1-2H3,(H,42,46)/b22-21-. The summed E-state index contributed by atoms with van der Waals surface area (Å²) < 4.78 is 0. The van der Waals surface area contributed by atoms with Crippen LogP contribution in [0.2, 0.25) is 0 Å². The fourth-order valence-electron chi connectivity index (χ4n) is 6.40. The second kappa shape index (κ2) is 36.9. The summed E-state index contributed by atoms with van der Waals surface area (Å²) in [6.07, 6.45) is 41.7. The fourth-order valence-corrected chi connectivity index (χ4v) is 6.40. The van der Waals surface area contributed by atoms with Gasteiger partial charge in [-0.05, 0) is 38.5 Å². The lowest BCUT2D eigenvalue weighted by atomic mass is 10.0. The van der Waals surface area contributed by atoms with Crippen LogP contribution < -0.4 is 5.32 Å². The van der Waals surface area contributed by atoms with Gasteiger partial charge in [0, 0.05) is 0 Å². The van der Waals surface area contributed by atoms with Gasteiger partial charge in [0.1, 0.15) is 0 Å². The van der Waals surface area contributed by atoms with Crippen LogP contribution in [0.1, 0.15) is 219 Å². The first-order valence-corrected chi connectivity index (χ1v) is 20.5. The summed E-state index contributed by atoms with van der Waals surface area (Å²) in [5, 5.41) is 33.2. The van der Waals surface area contributed by atoms with E-state index in [1.54, 1.807) is 0 Å². The summed E-state index contributed by atoms with van der Waals surface area (Å²) in [4.78, 5) is 12.4. The van der Waals surface area contributed by atoms with Gasteiger partial charge in [0.05, 0.1) is 31.3 Å². The summed E-state index contributed by atoms with van der Waals surface area (Å²) in [5.41, 5.74) is 0. The quantitative estimate of drug-likeness (QED) is 0.0397. The second-order valence-electron chi connectivity index (χ2n) is 14.2. The average molecular weight is 652 g/mol. The van der Waals surface area contributed by atoms with Crippen molar-refractivity contribution in [2.75, 3.05) is 6.61 Å². The number of hydrogen-bond donors (Lipinski definition) is 4. The highest BCUT2D eigenvalue weighted by Gasteiger charge is 2.21. The number of carbonyl (C=O) groups excluding carboxylic acids is 1. The Hall–Kier alpha value is -0.910. The number of amides is 1.